The molecule has 0 saturated heterocycles. The number of nitrogens with one attached hydrogen (secondary N) is 1. The number of rotatable bonds is 8. The van der Waals surface area contributed by atoms with Crippen LogP contribution in [-0.2, 0) is 0 Å². The van der Waals surface area contributed by atoms with E-state index in [-0.39, 0.29) is 6.04 Å². The van der Waals surface area contributed by atoms with E-state index in [1.54, 1.807) is 0 Å². The summed E-state index contributed by atoms with van der Waals surface area (Å²) >= 11 is 8.15. The first-order chi connectivity index (χ1) is 9.76. The quantitative estimate of drug-likeness (QED) is 0.672. The van der Waals surface area contributed by atoms with E-state index in [4.69, 9.17) is 16.0 Å². The molecule has 0 spiro atoms. The van der Waals surface area contributed by atoms with Gasteiger partial charge in [0.2, 0.25) is 0 Å². The standard InChI is InChI=1S/C16H22ClNOS/c1-3-8-18-14(11-20-9-4-2)15-10-12-6-5-7-13(17)16(12)19-15/h5-7,10,14,18H,3-4,8-9,11H2,1-2H3. The molecule has 0 radical (unpaired) electrons. The number of fused-ring (bicyclic) bond motifs is 1. The summed E-state index contributed by atoms with van der Waals surface area (Å²) in [6.07, 6.45) is 2.33. The number of hydrogen-bond acceptors (Lipinski definition) is 3. The molecular weight excluding hydrogens is 290 g/mol. The van der Waals surface area contributed by atoms with Gasteiger partial charge in [-0.05, 0) is 37.3 Å². The number of hydrogen-bond donors (Lipinski definition) is 1. The Morgan fingerprint density at radius 3 is 2.85 bits per heavy atom. The molecule has 2 nitrogen and oxygen atoms in total. The fourth-order valence-corrected chi connectivity index (χ4v) is 3.32. The second-order valence-corrected chi connectivity index (χ2v) is 6.45. The Bertz CT molecular complexity index is 540. The highest BCUT2D eigenvalue weighted by molar-refractivity contribution is 7.99. The van der Waals surface area contributed by atoms with Crippen LogP contribution >= 0.6 is 23.4 Å². The zero-order chi connectivity index (χ0) is 14.4. The molecule has 110 valence electrons. The van der Waals surface area contributed by atoms with Gasteiger partial charge in [-0.2, -0.15) is 11.8 Å². The number of para-hydroxylation sites is 1. The van der Waals surface area contributed by atoms with E-state index in [0.29, 0.717) is 5.02 Å². The second kappa shape index (κ2) is 7.96. The van der Waals surface area contributed by atoms with Crippen molar-refractivity contribution < 1.29 is 4.42 Å². The van der Waals surface area contributed by atoms with Gasteiger partial charge >= 0.3 is 0 Å². The molecule has 0 saturated carbocycles. The van der Waals surface area contributed by atoms with Gasteiger partial charge in [0.25, 0.3) is 0 Å². The van der Waals surface area contributed by atoms with E-state index in [2.05, 4.69) is 25.2 Å². The van der Waals surface area contributed by atoms with Gasteiger partial charge in [-0.25, -0.2) is 0 Å². The molecule has 4 heteroatoms. The van der Waals surface area contributed by atoms with Crippen molar-refractivity contribution in [3.8, 4) is 0 Å². The first kappa shape index (κ1) is 15.7. The summed E-state index contributed by atoms with van der Waals surface area (Å²) in [7, 11) is 0. The minimum absolute atomic E-state index is 0.259. The van der Waals surface area contributed by atoms with Crippen molar-refractivity contribution in [3.63, 3.8) is 0 Å². The predicted molar refractivity (Wildman–Crippen MR) is 89.9 cm³/mol. The summed E-state index contributed by atoms with van der Waals surface area (Å²) in [5, 5.41) is 5.33. The lowest BCUT2D eigenvalue weighted by molar-refractivity contribution is 0.456. The van der Waals surface area contributed by atoms with Gasteiger partial charge in [-0.15, -0.1) is 0 Å². The number of benzene rings is 1. The van der Waals surface area contributed by atoms with E-state index >= 15 is 0 Å². The van der Waals surface area contributed by atoms with E-state index in [1.807, 2.05) is 30.0 Å². The molecule has 1 heterocycles. The highest BCUT2D eigenvalue weighted by Crippen LogP contribution is 2.30. The van der Waals surface area contributed by atoms with Gasteiger partial charge in [0.1, 0.15) is 5.76 Å². The molecule has 1 unspecified atom stereocenters. The topological polar surface area (TPSA) is 25.2 Å². The highest BCUT2D eigenvalue weighted by Gasteiger charge is 2.16. The summed E-state index contributed by atoms with van der Waals surface area (Å²) in [4.78, 5) is 0. The Balaban J connectivity index is 2.18. The lowest BCUT2D eigenvalue weighted by Crippen LogP contribution is -2.23. The molecular formula is C16H22ClNOS. The zero-order valence-corrected chi connectivity index (χ0v) is 13.7. The van der Waals surface area contributed by atoms with Crippen LogP contribution in [0, 0.1) is 0 Å². The predicted octanol–water partition coefficient (Wildman–Crippen LogP) is 5.27. The molecule has 0 bridgehead atoms. The number of furan rings is 1. The van der Waals surface area contributed by atoms with Crippen LogP contribution in [-0.4, -0.2) is 18.1 Å². The fraction of sp³-hybridized carbons (Fsp3) is 0.500. The Hall–Kier alpha value is -0.640. The monoisotopic (exact) mass is 311 g/mol. The molecule has 0 aliphatic rings. The Kier molecular flexibility index (Phi) is 6.27. The molecule has 1 N–H and O–H groups in total. The minimum Gasteiger partial charge on any atom is -0.458 e. The van der Waals surface area contributed by atoms with Crippen LogP contribution in [0.15, 0.2) is 28.7 Å². The van der Waals surface area contributed by atoms with Crippen LogP contribution in [0.4, 0.5) is 0 Å². The molecule has 1 atom stereocenters. The number of thioether (sulfide) groups is 1. The van der Waals surface area contributed by atoms with Crippen molar-refractivity contribution in [3.05, 3.63) is 35.0 Å². The van der Waals surface area contributed by atoms with Gasteiger partial charge in [-0.1, -0.05) is 37.6 Å². The van der Waals surface area contributed by atoms with Crippen LogP contribution in [0.1, 0.15) is 38.5 Å². The van der Waals surface area contributed by atoms with Crippen molar-refractivity contribution in [1.29, 1.82) is 0 Å². The SMILES string of the molecule is CCCNC(CSCCC)c1cc2cccc(Cl)c2o1. The van der Waals surface area contributed by atoms with Gasteiger partial charge in [0, 0.05) is 11.1 Å². The molecule has 0 fully saturated rings. The van der Waals surface area contributed by atoms with Crippen LogP contribution in [0.3, 0.4) is 0 Å². The Morgan fingerprint density at radius 2 is 2.15 bits per heavy atom. The number of halogens is 1. The third-order valence-electron chi connectivity index (χ3n) is 3.13. The Labute approximate surface area is 130 Å². The molecule has 0 aliphatic heterocycles. The summed E-state index contributed by atoms with van der Waals surface area (Å²) < 4.78 is 5.98. The zero-order valence-electron chi connectivity index (χ0n) is 12.1. The second-order valence-electron chi connectivity index (χ2n) is 4.89. The molecule has 1 aromatic carbocycles. The van der Waals surface area contributed by atoms with Crippen molar-refractivity contribution >= 4 is 34.3 Å². The van der Waals surface area contributed by atoms with Crippen molar-refractivity contribution in [1.82, 2.24) is 5.32 Å². The molecule has 0 aliphatic carbocycles. The fourth-order valence-electron chi connectivity index (χ4n) is 2.12. The van der Waals surface area contributed by atoms with Crippen LogP contribution in [0.25, 0.3) is 11.0 Å². The summed E-state index contributed by atoms with van der Waals surface area (Å²) in [5.74, 6) is 3.21. The first-order valence-electron chi connectivity index (χ1n) is 7.25. The normalized spacial score (nSPS) is 12.9. The van der Waals surface area contributed by atoms with E-state index in [0.717, 1.165) is 35.4 Å². The molecule has 20 heavy (non-hydrogen) atoms. The lowest BCUT2D eigenvalue weighted by Gasteiger charge is -2.15. The largest absolute Gasteiger partial charge is 0.458 e. The van der Waals surface area contributed by atoms with Crippen molar-refractivity contribution in [2.24, 2.45) is 0 Å². The maximum atomic E-state index is 6.19. The maximum Gasteiger partial charge on any atom is 0.152 e. The van der Waals surface area contributed by atoms with Crippen LogP contribution < -0.4 is 5.32 Å². The average molecular weight is 312 g/mol. The highest BCUT2D eigenvalue weighted by atomic mass is 35.5. The third kappa shape index (κ3) is 3.94. The molecule has 1 aromatic heterocycles. The lowest BCUT2D eigenvalue weighted by atomic mass is 10.2. The van der Waals surface area contributed by atoms with Gasteiger partial charge < -0.3 is 9.73 Å². The van der Waals surface area contributed by atoms with E-state index in [9.17, 15) is 0 Å². The smallest absolute Gasteiger partial charge is 0.152 e. The summed E-state index contributed by atoms with van der Waals surface area (Å²) in [6.45, 7) is 5.39. The summed E-state index contributed by atoms with van der Waals surface area (Å²) in [6, 6.07) is 8.25. The molecule has 0 amide bonds. The van der Waals surface area contributed by atoms with Gasteiger partial charge in [-0.3, -0.25) is 0 Å². The first-order valence-corrected chi connectivity index (χ1v) is 8.78. The summed E-state index contributed by atoms with van der Waals surface area (Å²) in [5.41, 5.74) is 0.799. The Morgan fingerprint density at radius 1 is 1.30 bits per heavy atom. The van der Waals surface area contributed by atoms with Crippen LogP contribution in [0.2, 0.25) is 5.02 Å². The maximum absolute atomic E-state index is 6.19. The van der Waals surface area contributed by atoms with Crippen LogP contribution in [0.5, 0.6) is 0 Å². The van der Waals surface area contributed by atoms with Crippen molar-refractivity contribution in [2.45, 2.75) is 32.7 Å². The average Bonchev–Trinajstić information content (AvgIpc) is 2.88. The third-order valence-corrected chi connectivity index (χ3v) is 4.70. The van der Waals surface area contributed by atoms with E-state index in [1.165, 1.54) is 12.2 Å². The molecule has 2 rings (SSSR count). The van der Waals surface area contributed by atoms with Crippen molar-refractivity contribution in [2.75, 3.05) is 18.1 Å². The molecule has 2 aromatic rings. The minimum atomic E-state index is 0.259. The van der Waals surface area contributed by atoms with E-state index < -0.39 is 0 Å². The van der Waals surface area contributed by atoms with Gasteiger partial charge in [0.05, 0.1) is 11.1 Å². The van der Waals surface area contributed by atoms with Gasteiger partial charge in [0.15, 0.2) is 5.58 Å².